The van der Waals surface area contributed by atoms with Crippen LogP contribution in [0.2, 0.25) is 0 Å². The molecule has 0 bridgehead atoms. The first kappa shape index (κ1) is 12.1. The molecule has 2 aromatic carbocycles. The molecular weight excluding hydrogens is 231 g/mol. The summed E-state index contributed by atoms with van der Waals surface area (Å²) in [6.07, 6.45) is 0. The van der Waals surface area contributed by atoms with E-state index in [0.29, 0.717) is 0 Å². The van der Waals surface area contributed by atoms with E-state index in [1.807, 2.05) is 30.3 Å². The number of para-hydroxylation sites is 1. The molecule has 4 heteroatoms. The summed E-state index contributed by atoms with van der Waals surface area (Å²) in [5.74, 6) is -0.704. The number of ether oxygens (including phenoxy) is 1. The third-order valence-electron chi connectivity index (χ3n) is 2.48. The summed E-state index contributed by atoms with van der Waals surface area (Å²) in [6, 6.07) is 13.8. The molecule has 92 valence electrons. The van der Waals surface area contributed by atoms with Crippen LogP contribution in [-0.2, 0) is 6.61 Å². The molecule has 0 aliphatic rings. The number of amidine groups is 1. The predicted octanol–water partition coefficient (Wildman–Crippen LogP) is 2.69. The smallest absolute Gasteiger partial charge is 0.166 e. The van der Waals surface area contributed by atoms with Gasteiger partial charge in [-0.2, -0.15) is 0 Å². The summed E-state index contributed by atoms with van der Waals surface area (Å²) in [7, 11) is 0. The molecule has 0 fully saturated rings. The average Bonchev–Trinajstić information content (AvgIpc) is 2.38. The van der Waals surface area contributed by atoms with Crippen LogP contribution >= 0.6 is 0 Å². The van der Waals surface area contributed by atoms with Crippen LogP contribution in [0.25, 0.3) is 0 Å². The van der Waals surface area contributed by atoms with Crippen LogP contribution in [0.5, 0.6) is 5.75 Å². The van der Waals surface area contributed by atoms with Crippen molar-refractivity contribution in [3.63, 3.8) is 0 Å². The number of nitrogens with one attached hydrogen (secondary N) is 1. The number of hydrogen-bond acceptors (Lipinski definition) is 2. The van der Waals surface area contributed by atoms with Crippen molar-refractivity contribution in [2.45, 2.75) is 6.61 Å². The van der Waals surface area contributed by atoms with Crippen molar-refractivity contribution in [1.82, 2.24) is 0 Å². The zero-order valence-electron chi connectivity index (χ0n) is 9.69. The zero-order chi connectivity index (χ0) is 13.0. The molecule has 0 unspecified atom stereocenters. The highest BCUT2D eigenvalue weighted by atomic mass is 19.1. The highest BCUT2D eigenvalue weighted by Crippen LogP contribution is 2.23. The molecule has 3 nitrogen and oxygen atoms in total. The Hall–Kier alpha value is -2.36. The number of nitrogens with two attached hydrogens (primary N) is 1. The topological polar surface area (TPSA) is 59.1 Å². The van der Waals surface area contributed by atoms with Crippen molar-refractivity contribution < 1.29 is 9.13 Å². The lowest BCUT2D eigenvalue weighted by molar-refractivity contribution is 0.289. The molecule has 18 heavy (non-hydrogen) atoms. The molecule has 0 amide bonds. The van der Waals surface area contributed by atoms with E-state index in [9.17, 15) is 4.39 Å². The summed E-state index contributed by atoms with van der Waals surface area (Å²) in [5, 5.41) is 7.39. The maximum Gasteiger partial charge on any atom is 0.166 e. The van der Waals surface area contributed by atoms with Gasteiger partial charge in [-0.25, -0.2) is 4.39 Å². The Balaban J connectivity index is 2.21. The third kappa shape index (κ3) is 2.66. The Kier molecular flexibility index (Phi) is 3.57. The van der Waals surface area contributed by atoms with E-state index in [1.165, 1.54) is 12.1 Å². The van der Waals surface area contributed by atoms with Crippen LogP contribution in [-0.4, -0.2) is 5.84 Å². The molecule has 0 atom stereocenters. The van der Waals surface area contributed by atoms with Crippen molar-refractivity contribution in [2.75, 3.05) is 0 Å². The standard InChI is InChI=1S/C14H13FN2O/c15-12-8-4-7-11(14(16)17)13(12)18-9-10-5-2-1-3-6-10/h1-8H,9H2,(H3,16,17). The van der Waals surface area contributed by atoms with Crippen molar-refractivity contribution in [2.24, 2.45) is 5.73 Å². The van der Waals surface area contributed by atoms with Gasteiger partial charge in [-0.1, -0.05) is 36.4 Å². The van der Waals surface area contributed by atoms with E-state index >= 15 is 0 Å². The van der Waals surface area contributed by atoms with Gasteiger partial charge in [0, 0.05) is 0 Å². The highest BCUT2D eigenvalue weighted by Gasteiger charge is 2.11. The van der Waals surface area contributed by atoms with Crippen LogP contribution < -0.4 is 10.5 Å². The molecule has 0 radical (unpaired) electrons. The molecule has 2 rings (SSSR count). The van der Waals surface area contributed by atoms with Gasteiger partial charge in [0.2, 0.25) is 0 Å². The predicted molar refractivity (Wildman–Crippen MR) is 68.2 cm³/mol. The normalized spacial score (nSPS) is 10.1. The largest absolute Gasteiger partial charge is 0.485 e. The van der Waals surface area contributed by atoms with Crippen LogP contribution in [0.3, 0.4) is 0 Å². The quantitative estimate of drug-likeness (QED) is 0.641. The number of hydrogen-bond donors (Lipinski definition) is 2. The van der Waals surface area contributed by atoms with E-state index in [0.717, 1.165) is 5.56 Å². The summed E-state index contributed by atoms with van der Waals surface area (Å²) in [5.41, 5.74) is 6.58. The number of benzene rings is 2. The van der Waals surface area contributed by atoms with E-state index in [1.54, 1.807) is 6.07 Å². The van der Waals surface area contributed by atoms with Gasteiger partial charge in [-0.05, 0) is 17.7 Å². The van der Waals surface area contributed by atoms with Gasteiger partial charge in [-0.3, -0.25) is 5.41 Å². The molecule has 2 aromatic rings. The lowest BCUT2D eigenvalue weighted by Crippen LogP contribution is -2.14. The second-order valence-electron chi connectivity index (χ2n) is 3.80. The van der Waals surface area contributed by atoms with Crippen molar-refractivity contribution in [3.8, 4) is 5.75 Å². The van der Waals surface area contributed by atoms with E-state index in [4.69, 9.17) is 15.9 Å². The van der Waals surface area contributed by atoms with E-state index < -0.39 is 5.82 Å². The fourth-order valence-corrected chi connectivity index (χ4v) is 1.60. The lowest BCUT2D eigenvalue weighted by atomic mass is 10.1. The van der Waals surface area contributed by atoms with Crippen LogP contribution in [0, 0.1) is 11.2 Å². The Morgan fingerprint density at radius 1 is 1.11 bits per heavy atom. The summed E-state index contributed by atoms with van der Waals surface area (Å²) >= 11 is 0. The third-order valence-corrected chi connectivity index (χ3v) is 2.48. The second-order valence-corrected chi connectivity index (χ2v) is 3.80. The molecule has 0 spiro atoms. The van der Waals surface area contributed by atoms with Crippen LogP contribution in [0.4, 0.5) is 4.39 Å². The molecule has 0 heterocycles. The van der Waals surface area contributed by atoms with Crippen LogP contribution in [0.15, 0.2) is 48.5 Å². The maximum atomic E-state index is 13.6. The fraction of sp³-hybridized carbons (Fsp3) is 0.0714. The molecule has 0 aromatic heterocycles. The Morgan fingerprint density at radius 3 is 2.50 bits per heavy atom. The van der Waals surface area contributed by atoms with Crippen molar-refractivity contribution in [3.05, 3.63) is 65.5 Å². The van der Waals surface area contributed by atoms with Gasteiger partial charge < -0.3 is 10.5 Å². The minimum Gasteiger partial charge on any atom is -0.485 e. The number of rotatable bonds is 4. The van der Waals surface area contributed by atoms with Gasteiger partial charge >= 0.3 is 0 Å². The molecule has 0 aliphatic carbocycles. The van der Waals surface area contributed by atoms with Gasteiger partial charge in [0.05, 0.1) is 5.56 Å². The first-order valence-corrected chi connectivity index (χ1v) is 5.48. The number of halogens is 1. The highest BCUT2D eigenvalue weighted by molar-refractivity contribution is 5.97. The second kappa shape index (κ2) is 5.31. The van der Waals surface area contributed by atoms with Gasteiger partial charge in [-0.15, -0.1) is 0 Å². The van der Waals surface area contributed by atoms with Crippen LogP contribution in [0.1, 0.15) is 11.1 Å². The minimum absolute atomic E-state index is 0.0221. The molecular formula is C14H13FN2O. The molecule has 0 saturated carbocycles. The summed E-state index contributed by atoms with van der Waals surface area (Å²) in [4.78, 5) is 0. The van der Waals surface area contributed by atoms with Gasteiger partial charge in [0.1, 0.15) is 12.4 Å². The van der Waals surface area contributed by atoms with Gasteiger partial charge in [0.15, 0.2) is 11.6 Å². The van der Waals surface area contributed by atoms with E-state index in [2.05, 4.69) is 0 Å². The first-order chi connectivity index (χ1) is 8.68. The minimum atomic E-state index is -0.515. The summed E-state index contributed by atoms with van der Waals surface area (Å²) < 4.78 is 19.1. The maximum absolute atomic E-state index is 13.6. The SMILES string of the molecule is N=C(N)c1cccc(F)c1OCc1ccccc1. The van der Waals surface area contributed by atoms with Crippen molar-refractivity contribution >= 4 is 5.84 Å². The van der Waals surface area contributed by atoms with Gasteiger partial charge in [0.25, 0.3) is 0 Å². The molecule has 0 aliphatic heterocycles. The summed E-state index contributed by atoms with van der Waals surface area (Å²) in [6.45, 7) is 0.238. The Bertz CT molecular complexity index is 555. The first-order valence-electron chi connectivity index (χ1n) is 5.48. The van der Waals surface area contributed by atoms with Crippen molar-refractivity contribution in [1.29, 1.82) is 5.41 Å². The lowest BCUT2D eigenvalue weighted by Gasteiger charge is -2.11. The zero-order valence-corrected chi connectivity index (χ0v) is 9.69. The molecule has 3 N–H and O–H groups in total. The Labute approximate surface area is 105 Å². The van der Waals surface area contributed by atoms with E-state index in [-0.39, 0.29) is 23.8 Å². The number of nitrogen functional groups attached to an aromatic ring is 1. The monoisotopic (exact) mass is 244 g/mol. The Morgan fingerprint density at radius 2 is 1.83 bits per heavy atom. The molecule has 0 saturated heterocycles. The average molecular weight is 244 g/mol. The fourth-order valence-electron chi connectivity index (χ4n) is 1.60.